The van der Waals surface area contributed by atoms with Gasteiger partial charge in [0.2, 0.25) is 0 Å². The monoisotopic (exact) mass is 409 g/mol. The van der Waals surface area contributed by atoms with E-state index in [0.29, 0.717) is 19.0 Å². The molecule has 0 aliphatic carbocycles. The van der Waals surface area contributed by atoms with Gasteiger partial charge in [-0.25, -0.2) is 13.4 Å². The van der Waals surface area contributed by atoms with E-state index in [9.17, 15) is 8.42 Å². The summed E-state index contributed by atoms with van der Waals surface area (Å²) in [5, 5.41) is 6.87. The summed E-state index contributed by atoms with van der Waals surface area (Å²) in [6.07, 6.45) is 3.95. The maximum Gasteiger partial charge on any atom is 0.191 e. The summed E-state index contributed by atoms with van der Waals surface area (Å²) < 4.78 is 22.8. The van der Waals surface area contributed by atoms with Gasteiger partial charge >= 0.3 is 0 Å². The summed E-state index contributed by atoms with van der Waals surface area (Å²) in [6.45, 7) is 8.77. The lowest BCUT2D eigenvalue weighted by atomic mass is 9.90. The number of aliphatic imine (C=N–C) groups is 1. The van der Waals surface area contributed by atoms with Crippen LogP contribution in [0.4, 0.5) is 5.82 Å². The molecule has 0 atom stereocenters. The SMILES string of the molecule is CN=C(NCC(C)(C)CCS(C)(=O)=O)NC1CCN(c2cccc(C)n2)CC1. The van der Waals surface area contributed by atoms with E-state index in [1.165, 1.54) is 6.26 Å². The van der Waals surface area contributed by atoms with Gasteiger partial charge in [-0.2, -0.15) is 0 Å². The van der Waals surface area contributed by atoms with Crippen molar-refractivity contribution in [1.29, 1.82) is 0 Å². The van der Waals surface area contributed by atoms with Crippen LogP contribution in [0, 0.1) is 12.3 Å². The Morgan fingerprint density at radius 3 is 2.57 bits per heavy atom. The van der Waals surface area contributed by atoms with Crippen molar-refractivity contribution in [3.05, 3.63) is 23.9 Å². The van der Waals surface area contributed by atoms with E-state index >= 15 is 0 Å². The third-order valence-corrected chi connectivity index (χ3v) is 6.09. The van der Waals surface area contributed by atoms with Gasteiger partial charge in [-0.3, -0.25) is 4.99 Å². The van der Waals surface area contributed by atoms with Crippen molar-refractivity contribution in [2.24, 2.45) is 10.4 Å². The first-order valence-corrected chi connectivity index (χ1v) is 12.0. The molecule has 1 saturated heterocycles. The molecule has 158 valence electrons. The summed E-state index contributed by atoms with van der Waals surface area (Å²) in [4.78, 5) is 11.3. The highest BCUT2D eigenvalue weighted by atomic mass is 32.2. The van der Waals surface area contributed by atoms with E-state index in [4.69, 9.17) is 0 Å². The molecule has 1 aliphatic rings. The Morgan fingerprint density at radius 2 is 2.00 bits per heavy atom. The average Bonchev–Trinajstić information content (AvgIpc) is 2.64. The first-order valence-electron chi connectivity index (χ1n) is 9.91. The zero-order valence-electron chi connectivity index (χ0n) is 17.8. The lowest BCUT2D eigenvalue weighted by molar-refractivity contribution is 0.346. The molecule has 0 aromatic carbocycles. The van der Waals surface area contributed by atoms with Crippen LogP contribution in [0.2, 0.25) is 0 Å². The Labute approximate surface area is 169 Å². The number of rotatable bonds is 7. The number of hydrogen-bond donors (Lipinski definition) is 2. The molecular formula is C20H35N5O2S. The molecular weight excluding hydrogens is 374 g/mol. The van der Waals surface area contributed by atoms with Crippen molar-refractivity contribution in [2.75, 3.05) is 43.6 Å². The zero-order chi connectivity index (χ0) is 20.8. The molecule has 8 heteroatoms. The summed E-state index contributed by atoms with van der Waals surface area (Å²) in [6, 6.07) is 6.51. The fraction of sp³-hybridized carbons (Fsp3) is 0.700. The number of aromatic nitrogens is 1. The van der Waals surface area contributed by atoms with E-state index in [2.05, 4.69) is 51.5 Å². The third-order valence-electron chi connectivity index (χ3n) is 5.14. The topological polar surface area (TPSA) is 86.7 Å². The Kier molecular flexibility index (Phi) is 7.69. The standard InChI is InChI=1S/C20H35N5O2S/c1-16-7-6-8-18(23-16)25-12-9-17(10-13-25)24-19(21-4)22-15-20(2,3)11-14-28(5,26)27/h6-8,17H,9-15H2,1-5H3,(H2,21,22,24). The molecule has 1 aromatic heterocycles. The van der Waals surface area contributed by atoms with Gasteiger partial charge in [-0.1, -0.05) is 19.9 Å². The normalized spacial score (nSPS) is 16.9. The van der Waals surface area contributed by atoms with Crippen LogP contribution in [0.25, 0.3) is 0 Å². The summed E-state index contributed by atoms with van der Waals surface area (Å²) in [7, 11) is -1.17. The predicted octanol–water partition coefficient (Wildman–Crippen LogP) is 1.98. The first kappa shape index (κ1) is 22.5. The maximum absolute atomic E-state index is 11.4. The van der Waals surface area contributed by atoms with Gasteiger partial charge in [0.15, 0.2) is 5.96 Å². The molecule has 0 spiro atoms. The van der Waals surface area contributed by atoms with E-state index in [1.54, 1.807) is 7.05 Å². The molecule has 7 nitrogen and oxygen atoms in total. The van der Waals surface area contributed by atoms with Crippen LogP contribution >= 0.6 is 0 Å². The smallest absolute Gasteiger partial charge is 0.191 e. The second-order valence-electron chi connectivity index (χ2n) is 8.51. The molecule has 0 saturated carbocycles. The van der Waals surface area contributed by atoms with Crippen LogP contribution in [0.15, 0.2) is 23.2 Å². The lowest BCUT2D eigenvalue weighted by Gasteiger charge is -2.34. The van der Waals surface area contributed by atoms with Gasteiger partial charge in [0.1, 0.15) is 15.7 Å². The molecule has 0 amide bonds. The minimum Gasteiger partial charge on any atom is -0.356 e. The van der Waals surface area contributed by atoms with Gasteiger partial charge < -0.3 is 15.5 Å². The van der Waals surface area contributed by atoms with Crippen LogP contribution in [0.3, 0.4) is 0 Å². The van der Waals surface area contributed by atoms with E-state index < -0.39 is 9.84 Å². The van der Waals surface area contributed by atoms with Gasteiger partial charge in [0.05, 0.1) is 5.75 Å². The van der Waals surface area contributed by atoms with Crippen molar-refractivity contribution >= 4 is 21.6 Å². The number of guanidine groups is 1. The minimum atomic E-state index is -2.94. The number of pyridine rings is 1. The molecule has 1 fully saturated rings. The third kappa shape index (κ3) is 7.66. The largest absolute Gasteiger partial charge is 0.356 e. The van der Waals surface area contributed by atoms with Gasteiger partial charge in [0, 0.05) is 44.7 Å². The van der Waals surface area contributed by atoms with Crippen LogP contribution in [0.5, 0.6) is 0 Å². The van der Waals surface area contributed by atoms with E-state index in [-0.39, 0.29) is 11.2 Å². The summed E-state index contributed by atoms with van der Waals surface area (Å²) in [5.41, 5.74) is 0.918. The molecule has 28 heavy (non-hydrogen) atoms. The molecule has 0 radical (unpaired) electrons. The van der Waals surface area contributed by atoms with Crippen LogP contribution in [-0.2, 0) is 9.84 Å². The molecule has 1 aliphatic heterocycles. The highest BCUT2D eigenvalue weighted by Crippen LogP contribution is 2.20. The molecule has 2 heterocycles. The molecule has 2 N–H and O–H groups in total. The van der Waals surface area contributed by atoms with Crippen molar-refractivity contribution < 1.29 is 8.42 Å². The second kappa shape index (κ2) is 9.58. The molecule has 2 rings (SSSR count). The maximum atomic E-state index is 11.4. The van der Waals surface area contributed by atoms with E-state index in [1.807, 2.05) is 13.0 Å². The number of anilines is 1. The summed E-state index contributed by atoms with van der Waals surface area (Å²) in [5.74, 6) is 2.03. The Balaban J connectivity index is 1.79. The average molecular weight is 410 g/mol. The fourth-order valence-corrected chi connectivity index (χ4v) is 4.14. The minimum absolute atomic E-state index is 0.124. The second-order valence-corrected chi connectivity index (χ2v) is 10.8. The van der Waals surface area contributed by atoms with Gasteiger partial charge in [0.25, 0.3) is 0 Å². The Morgan fingerprint density at radius 1 is 1.32 bits per heavy atom. The van der Waals surface area contributed by atoms with Crippen molar-refractivity contribution in [2.45, 2.75) is 46.1 Å². The molecule has 0 unspecified atom stereocenters. The Bertz CT molecular complexity index is 769. The quantitative estimate of drug-likeness (QED) is 0.529. The number of aryl methyl sites for hydroxylation is 1. The van der Waals surface area contributed by atoms with Crippen molar-refractivity contribution in [1.82, 2.24) is 15.6 Å². The number of hydrogen-bond acceptors (Lipinski definition) is 5. The highest BCUT2D eigenvalue weighted by Gasteiger charge is 2.23. The molecule has 0 bridgehead atoms. The number of piperidine rings is 1. The number of nitrogens with one attached hydrogen (secondary N) is 2. The van der Waals surface area contributed by atoms with Crippen molar-refractivity contribution in [3.63, 3.8) is 0 Å². The summed E-state index contributed by atoms with van der Waals surface area (Å²) >= 11 is 0. The van der Waals surface area contributed by atoms with Gasteiger partial charge in [-0.15, -0.1) is 0 Å². The van der Waals surface area contributed by atoms with Crippen LogP contribution < -0.4 is 15.5 Å². The van der Waals surface area contributed by atoms with Crippen LogP contribution in [0.1, 0.15) is 38.8 Å². The molecule has 1 aromatic rings. The first-order chi connectivity index (χ1) is 13.1. The number of sulfone groups is 1. The fourth-order valence-electron chi connectivity index (χ4n) is 3.22. The lowest BCUT2D eigenvalue weighted by Crippen LogP contribution is -2.50. The zero-order valence-corrected chi connectivity index (χ0v) is 18.6. The van der Waals surface area contributed by atoms with Crippen molar-refractivity contribution in [3.8, 4) is 0 Å². The number of nitrogens with zero attached hydrogens (tertiary/aromatic N) is 3. The predicted molar refractivity (Wildman–Crippen MR) is 117 cm³/mol. The highest BCUT2D eigenvalue weighted by molar-refractivity contribution is 7.90. The van der Waals surface area contributed by atoms with E-state index in [0.717, 1.165) is 43.4 Å². The van der Waals surface area contributed by atoms with Crippen LogP contribution in [-0.4, -0.2) is 64.1 Å². The Hall–Kier alpha value is -1.83. The van der Waals surface area contributed by atoms with Gasteiger partial charge in [-0.05, 0) is 43.7 Å².